The third-order valence-electron chi connectivity index (χ3n) is 2.55. The zero-order valence-electron chi connectivity index (χ0n) is 9.27. The van der Waals surface area contributed by atoms with Gasteiger partial charge in [0.2, 0.25) is 0 Å². The average molecular weight is 222 g/mol. The number of carboxylic acid groups (broad SMARTS) is 1. The van der Waals surface area contributed by atoms with Crippen molar-refractivity contribution >= 4 is 11.9 Å². The van der Waals surface area contributed by atoms with Crippen LogP contribution in [0, 0.1) is 0 Å². The summed E-state index contributed by atoms with van der Waals surface area (Å²) in [7, 11) is 1.26. The largest absolute Gasteiger partial charge is 0.481 e. The van der Waals surface area contributed by atoms with Crippen molar-refractivity contribution in [2.45, 2.75) is 18.8 Å². The second kappa shape index (κ2) is 4.79. The minimum Gasteiger partial charge on any atom is -0.481 e. The van der Waals surface area contributed by atoms with Crippen LogP contribution in [0.4, 0.5) is 0 Å². The topological polar surface area (TPSA) is 63.6 Å². The highest BCUT2D eigenvalue weighted by Crippen LogP contribution is 2.28. The first-order chi connectivity index (χ1) is 7.50. The molecule has 0 amide bonds. The van der Waals surface area contributed by atoms with Crippen LogP contribution in [0.5, 0.6) is 0 Å². The Morgan fingerprint density at radius 3 is 2.31 bits per heavy atom. The maximum Gasteiger partial charge on any atom is 0.316 e. The number of benzene rings is 1. The highest BCUT2D eigenvalue weighted by Gasteiger charge is 2.38. The van der Waals surface area contributed by atoms with E-state index in [1.165, 1.54) is 7.11 Å². The molecule has 0 saturated carbocycles. The van der Waals surface area contributed by atoms with Crippen LogP contribution in [0.1, 0.15) is 18.9 Å². The molecule has 0 saturated heterocycles. The van der Waals surface area contributed by atoms with Gasteiger partial charge in [-0.25, -0.2) is 0 Å². The molecule has 0 radical (unpaired) electrons. The van der Waals surface area contributed by atoms with Gasteiger partial charge in [0.15, 0.2) is 0 Å². The lowest BCUT2D eigenvalue weighted by molar-refractivity contribution is -0.152. The van der Waals surface area contributed by atoms with Crippen molar-refractivity contribution in [3.63, 3.8) is 0 Å². The van der Waals surface area contributed by atoms with Crippen LogP contribution in [-0.2, 0) is 19.7 Å². The van der Waals surface area contributed by atoms with E-state index in [1.54, 1.807) is 31.2 Å². The average Bonchev–Trinajstić information content (AvgIpc) is 2.28. The number of aliphatic carboxylic acids is 1. The van der Waals surface area contributed by atoms with E-state index in [4.69, 9.17) is 5.11 Å². The van der Waals surface area contributed by atoms with E-state index in [0.717, 1.165) is 0 Å². The molecular weight excluding hydrogens is 208 g/mol. The number of hydrogen-bond acceptors (Lipinski definition) is 3. The van der Waals surface area contributed by atoms with Crippen LogP contribution < -0.4 is 0 Å². The fourth-order valence-corrected chi connectivity index (χ4v) is 1.63. The summed E-state index contributed by atoms with van der Waals surface area (Å²) in [4.78, 5) is 22.5. The fourth-order valence-electron chi connectivity index (χ4n) is 1.63. The summed E-state index contributed by atoms with van der Waals surface area (Å²) in [6.07, 6.45) is -0.288. The molecule has 0 heterocycles. The van der Waals surface area contributed by atoms with E-state index in [1.807, 2.05) is 6.07 Å². The maximum atomic E-state index is 11.7. The van der Waals surface area contributed by atoms with Crippen molar-refractivity contribution < 1.29 is 19.4 Å². The minimum absolute atomic E-state index is 0.288. The number of carbonyl (C=O) groups excluding carboxylic acids is 1. The zero-order valence-corrected chi connectivity index (χ0v) is 9.27. The van der Waals surface area contributed by atoms with Crippen molar-refractivity contribution in [1.29, 1.82) is 0 Å². The van der Waals surface area contributed by atoms with Gasteiger partial charge in [-0.05, 0) is 12.5 Å². The van der Waals surface area contributed by atoms with Gasteiger partial charge in [0, 0.05) is 0 Å². The summed E-state index contributed by atoms with van der Waals surface area (Å²) >= 11 is 0. The number of esters is 1. The molecule has 1 atom stereocenters. The summed E-state index contributed by atoms with van der Waals surface area (Å²) in [6, 6.07) is 8.78. The second-order valence-corrected chi connectivity index (χ2v) is 3.76. The van der Waals surface area contributed by atoms with E-state index < -0.39 is 17.4 Å². The molecule has 0 spiro atoms. The Balaban J connectivity index is 3.14. The van der Waals surface area contributed by atoms with Crippen LogP contribution >= 0.6 is 0 Å². The third kappa shape index (κ3) is 2.39. The van der Waals surface area contributed by atoms with E-state index in [2.05, 4.69) is 4.74 Å². The molecule has 0 bridgehead atoms. The number of rotatable bonds is 4. The molecular formula is C12H14O4. The van der Waals surface area contributed by atoms with Gasteiger partial charge in [0.05, 0.1) is 13.5 Å². The monoisotopic (exact) mass is 222 g/mol. The van der Waals surface area contributed by atoms with Crippen molar-refractivity contribution in [3.05, 3.63) is 35.9 Å². The number of hydrogen-bond donors (Lipinski definition) is 1. The maximum absolute atomic E-state index is 11.7. The van der Waals surface area contributed by atoms with Crippen molar-refractivity contribution in [1.82, 2.24) is 0 Å². The highest BCUT2D eigenvalue weighted by molar-refractivity contribution is 5.87. The van der Waals surface area contributed by atoms with Gasteiger partial charge in [0.1, 0.15) is 5.41 Å². The molecule has 4 heteroatoms. The van der Waals surface area contributed by atoms with Gasteiger partial charge in [-0.1, -0.05) is 30.3 Å². The third-order valence-corrected chi connectivity index (χ3v) is 2.55. The van der Waals surface area contributed by atoms with Gasteiger partial charge in [0.25, 0.3) is 0 Å². The van der Waals surface area contributed by atoms with Crippen LogP contribution in [0.15, 0.2) is 30.3 Å². The molecule has 1 N–H and O–H groups in total. The lowest BCUT2D eigenvalue weighted by atomic mass is 9.79. The molecule has 1 aromatic rings. The summed E-state index contributed by atoms with van der Waals surface area (Å²) in [6.45, 7) is 1.57. The summed E-state index contributed by atoms with van der Waals surface area (Å²) in [5, 5.41) is 8.85. The van der Waals surface area contributed by atoms with Crippen LogP contribution in [-0.4, -0.2) is 24.2 Å². The normalized spacial score (nSPS) is 13.9. The fraction of sp³-hybridized carbons (Fsp3) is 0.333. The van der Waals surface area contributed by atoms with Crippen LogP contribution in [0.3, 0.4) is 0 Å². The summed E-state index contributed by atoms with van der Waals surface area (Å²) in [5.74, 6) is -1.57. The molecule has 0 aromatic heterocycles. The molecule has 0 unspecified atom stereocenters. The Hall–Kier alpha value is -1.84. The van der Waals surface area contributed by atoms with Crippen molar-refractivity contribution in [2.24, 2.45) is 0 Å². The molecule has 0 aliphatic rings. The molecule has 16 heavy (non-hydrogen) atoms. The van der Waals surface area contributed by atoms with E-state index in [-0.39, 0.29) is 6.42 Å². The predicted molar refractivity (Wildman–Crippen MR) is 58.1 cm³/mol. The number of carbonyl (C=O) groups is 2. The van der Waals surface area contributed by atoms with Gasteiger partial charge >= 0.3 is 11.9 Å². The first-order valence-corrected chi connectivity index (χ1v) is 4.86. The van der Waals surface area contributed by atoms with E-state index in [0.29, 0.717) is 5.56 Å². The van der Waals surface area contributed by atoms with Gasteiger partial charge < -0.3 is 9.84 Å². The molecule has 86 valence electrons. The first-order valence-electron chi connectivity index (χ1n) is 4.86. The van der Waals surface area contributed by atoms with Crippen molar-refractivity contribution in [3.8, 4) is 0 Å². The van der Waals surface area contributed by atoms with Gasteiger partial charge in [-0.15, -0.1) is 0 Å². The molecule has 0 aliphatic carbocycles. The van der Waals surface area contributed by atoms with Crippen molar-refractivity contribution in [2.75, 3.05) is 7.11 Å². The van der Waals surface area contributed by atoms with E-state index >= 15 is 0 Å². The Morgan fingerprint density at radius 2 is 1.88 bits per heavy atom. The lowest BCUT2D eigenvalue weighted by Gasteiger charge is -2.25. The SMILES string of the molecule is COC(=O)[C@](C)(CC(=O)O)c1ccccc1. The highest BCUT2D eigenvalue weighted by atomic mass is 16.5. The van der Waals surface area contributed by atoms with Crippen LogP contribution in [0.2, 0.25) is 0 Å². The quantitative estimate of drug-likeness (QED) is 0.786. The Morgan fingerprint density at radius 1 is 1.31 bits per heavy atom. The molecule has 4 nitrogen and oxygen atoms in total. The predicted octanol–water partition coefficient (Wildman–Crippen LogP) is 1.59. The van der Waals surface area contributed by atoms with E-state index in [9.17, 15) is 9.59 Å². The summed E-state index contributed by atoms with van der Waals surface area (Å²) in [5.41, 5.74) is -0.494. The molecule has 1 rings (SSSR count). The lowest BCUT2D eigenvalue weighted by Crippen LogP contribution is -2.36. The molecule has 1 aromatic carbocycles. The molecule has 0 aliphatic heterocycles. The van der Waals surface area contributed by atoms with Gasteiger partial charge in [-0.2, -0.15) is 0 Å². The number of ether oxygens (including phenoxy) is 1. The zero-order chi connectivity index (χ0) is 12.2. The standard InChI is InChI=1S/C12H14O4/c1-12(8-10(13)14,11(15)16-2)9-6-4-3-5-7-9/h3-7H,8H2,1-2H3,(H,13,14)/t12-/m1/s1. The van der Waals surface area contributed by atoms with Gasteiger partial charge in [-0.3, -0.25) is 9.59 Å². The Labute approximate surface area is 93.9 Å². The smallest absolute Gasteiger partial charge is 0.316 e. The first kappa shape index (κ1) is 12.2. The second-order valence-electron chi connectivity index (χ2n) is 3.76. The minimum atomic E-state index is -1.14. The Bertz CT molecular complexity index is 385. The Kier molecular flexibility index (Phi) is 3.66. The number of methoxy groups -OCH3 is 1. The molecule has 0 fully saturated rings. The summed E-state index contributed by atoms with van der Waals surface area (Å²) < 4.78 is 4.67. The number of carboxylic acids is 1. The van der Waals surface area contributed by atoms with Crippen LogP contribution in [0.25, 0.3) is 0 Å².